The average Bonchev–Trinajstić information content (AvgIpc) is 3.29. The van der Waals surface area contributed by atoms with E-state index in [2.05, 4.69) is 10.3 Å². The summed E-state index contributed by atoms with van der Waals surface area (Å²) in [6, 6.07) is 11.1. The Labute approximate surface area is 252 Å². The number of nitrogens with one attached hydrogen (secondary N) is 1. The number of aryl methyl sites for hydroxylation is 2. The first-order valence-corrected chi connectivity index (χ1v) is 15.3. The summed E-state index contributed by atoms with van der Waals surface area (Å²) < 4.78 is 70.2. The molecule has 0 aliphatic heterocycles. The van der Waals surface area contributed by atoms with Crippen LogP contribution in [0.2, 0.25) is 0 Å². The predicted octanol–water partition coefficient (Wildman–Crippen LogP) is 5.00. The van der Waals surface area contributed by atoms with Crippen molar-refractivity contribution in [1.29, 1.82) is 0 Å². The summed E-state index contributed by atoms with van der Waals surface area (Å²) in [6.45, 7) is 1.82. The number of alkyl halides is 3. The van der Waals surface area contributed by atoms with Crippen molar-refractivity contribution in [3.05, 3.63) is 89.4 Å². The summed E-state index contributed by atoms with van der Waals surface area (Å²) in [5.41, 5.74) is 1.64. The minimum absolute atomic E-state index is 0.0641. The highest BCUT2D eigenvalue weighted by Gasteiger charge is 2.41. The van der Waals surface area contributed by atoms with Crippen LogP contribution in [0.1, 0.15) is 30.1 Å². The SMILES string of the molecule is Cc1nc2cc(S(=O)(=O)N(C)c3ccc([C@H]4C=CC[C@@H](C(=O)NC5=CC=C(C(F)F)CC5F)[C@@H]4C(=O)O)cc3)ccc2n1C. The topological polar surface area (TPSA) is 122 Å². The normalized spacial score (nSPS) is 22.1. The van der Waals surface area contributed by atoms with E-state index in [1.807, 2.05) is 18.5 Å². The molecule has 0 saturated carbocycles. The molecule has 2 N–H and O–H groups in total. The van der Waals surface area contributed by atoms with E-state index in [1.165, 1.54) is 19.2 Å². The fourth-order valence-electron chi connectivity index (χ4n) is 5.67. The minimum Gasteiger partial charge on any atom is -0.481 e. The summed E-state index contributed by atoms with van der Waals surface area (Å²) in [7, 11) is -0.698. The van der Waals surface area contributed by atoms with Gasteiger partial charge in [0.05, 0.1) is 39.1 Å². The fraction of sp³-hybridized carbons (Fsp3) is 0.323. The summed E-state index contributed by atoms with van der Waals surface area (Å²) in [4.78, 5) is 30.0. The van der Waals surface area contributed by atoms with Gasteiger partial charge in [0.1, 0.15) is 12.0 Å². The maximum absolute atomic E-state index is 14.5. The lowest BCUT2D eigenvalue weighted by molar-refractivity contribution is -0.148. The molecule has 2 aliphatic rings. The Morgan fingerprint density at radius 3 is 2.48 bits per heavy atom. The average molecular weight is 629 g/mol. The van der Waals surface area contributed by atoms with Crippen molar-refractivity contribution in [2.24, 2.45) is 18.9 Å². The number of rotatable bonds is 8. The molecular formula is C31H31F3N4O5S. The number of fused-ring (bicyclic) bond motifs is 1. The molecule has 3 aromatic rings. The molecular weight excluding hydrogens is 597 g/mol. The molecule has 5 rings (SSSR count). The van der Waals surface area contributed by atoms with E-state index in [0.29, 0.717) is 16.8 Å². The highest BCUT2D eigenvalue weighted by Crippen LogP contribution is 2.39. The van der Waals surface area contributed by atoms with Crippen LogP contribution in [-0.2, 0) is 26.7 Å². The largest absolute Gasteiger partial charge is 0.481 e. The van der Waals surface area contributed by atoms with Crippen LogP contribution in [0.25, 0.3) is 11.0 Å². The lowest BCUT2D eigenvalue weighted by Crippen LogP contribution is -2.42. The van der Waals surface area contributed by atoms with Crippen LogP contribution in [0, 0.1) is 18.8 Å². The monoisotopic (exact) mass is 628 g/mol. The van der Waals surface area contributed by atoms with Crippen LogP contribution in [0.3, 0.4) is 0 Å². The first-order chi connectivity index (χ1) is 20.8. The van der Waals surface area contributed by atoms with Gasteiger partial charge in [-0.05, 0) is 60.9 Å². The number of hydrogen-bond donors (Lipinski definition) is 2. The summed E-state index contributed by atoms with van der Waals surface area (Å²) >= 11 is 0. The van der Waals surface area contributed by atoms with Crippen LogP contribution in [0.15, 0.2) is 82.9 Å². The van der Waals surface area contributed by atoms with Gasteiger partial charge in [-0.15, -0.1) is 0 Å². The van der Waals surface area contributed by atoms with E-state index >= 15 is 0 Å². The van der Waals surface area contributed by atoms with Crippen molar-refractivity contribution >= 4 is 38.6 Å². The number of halogens is 3. The van der Waals surface area contributed by atoms with E-state index in [9.17, 15) is 36.3 Å². The molecule has 44 heavy (non-hydrogen) atoms. The molecule has 2 aromatic carbocycles. The molecule has 13 heteroatoms. The second-order valence-electron chi connectivity index (χ2n) is 10.9. The smallest absolute Gasteiger partial charge is 0.308 e. The summed E-state index contributed by atoms with van der Waals surface area (Å²) in [5, 5.41) is 12.5. The molecule has 4 atom stereocenters. The number of carbonyl (C=O) groups is 2. The van der Waals surface area contributed by atoms with Crippen molar-refractivity contribution in [1.82, 2.24) is 14.9 Å². The zero-order valence-electron chi connectivity index (χ0n) is 24.1. The van der Waals surface area contributed by atoms with Crippen molar-refractivity contribution in [2.45, 2.75) is 43.2 Å². The molecule has 232 valence electrons. The van der Waals surface area contributed by atoms with Gasteiger partial charge in [0.2, 0.25) is 5.91 Å². The highest BCUT2D eigenvalue weighted by molar-refractivity contribution is 7.92. The lowest BCUT2D eigenvalue weighted by Gasteiger charge is -2.32. The molecule has 0 spiro atoms. The molecule has 0 bridgehead atoms. The number of hydrogen-bond acceptors (Lipinski definition) is 5. The van der Waals surface area contributed by atoms with Gasteiger partial charge in [-0.25, -0.2) is 26.6 Å². The molecule has 1 amide bonds. The summed E-state index contributed by atoms with van der Waals surface area (Å²) in [6.07, 6.45) is 0.358. The van der Waals surface area contributed by atoms with E-state index in [4.69, 9.17) is 0 Å². The van der Waals surface area contributed by atoms with Gasteiger partial charge in [0.15, 0.2) is 0 Å². The van der Waals surface area contributed by atoms with Crippen LogP contribution < -0.4 is 9.62 Å². The van der Waals surface area contributed by atoms with E-state index < -0.39 is 58.7 Å². The molecule has 9 nitrogen and oxygen atoms in total. The van der Waals surface area contributed by atoms with Crippen molar-refractivity contribution in [3.8, 4) is 0 Å². The molecule has 0 saturated heterocycles. The summed E-state index contributed by atoms with van der Waals surface area (Å²) in [5.74, 6) is -4.24. The van der Waals surface area contributed by atoms with Gasteiger partial charge in [-0.3, -0.25) is 13.9 Å². The van der Waals surface area contributed by atoms with Gasteiger partial charge < -0.3 is 15.0 Å². The Balaban J connectivity index is 1.35. The Morgan fingerprint density at radius 2 is 1.84 bits per heavy atom. The number of imidazole rings is 1. The second-order valence-corrected chi connectivity index (χ2v) is 12.9. The number of carboxylic acids is 1. The molecule has 0 radical (unpaired) electrons. The van der Waals surface area contributed by atoms with Crippen molar-refractivity contribution < 1.29 is 36.3 Å². The van der Waals surface area contributed by atoms with Crippen molar-refractivity contribution in [3.63, 3.8) is 0 Å². The fourth-order valence-corrected chi connectivity index (χ4v) is 6.89. The molecule has 0 fully saturated rings. The number of aromatic nitrogens is 2. The van der Waals surface area contributed by atoms with Crippen LogP contribution in [0.5, 0.6) is 0 Å². The standard InChI is InChI=1S/C31H31F3N4O5S/c1-17-35-26-16-21(12-14-27(26)37(17)2)44(42,43)38(3)20-10-7-18(8-11-20)22-5-4-6-23(28(22)31(40)41)30(39)36-25-13-9-19(29(33)34)15-24(25)32/h4-5,7-14,16,22-24,28-29H,6,15H2,1-3H3,(H,36,39)(H,40,41)/t22-,23-,24?,28-/m1/s1. The first kappa shape index (κ1) is 31.0. The maximum Gasteiger partial charge on any atom is 0.308 e. The molecule has 1 heterocycles. The second kappa shape index (κ2) is 11.9. The zero-order valence-corrected chi connectivity index (χ0v) is 24.9. The number of nitrogens with zero attached hydrogens (tertiary/aromatic N) is 3. The highest BCUT2D eigenvalue weighted by atomic mass is 32.2. The van der Waals surface area contributed by atoms with Gasteiger partial charge in [-0.1, -0.05) is 30.4 Å². The minimum atomic E-state index is -3.95. The Hall–Kier alpha value is -4.39. The number of allylic oxidation sites excluding steroid dienone is 6. The third kappa shape index (κ3) is 5.75. The lowest BCUT2D eigenvalue weighted by atomic mass is 9.72. The number of amides is 1. The van der Waals surface area contributed by atoms with E-state index in [1.54, 1.807) is 42.5 Å². The number of sulfonamides is 1. The zero-order chi connectivity index (χ0) is 31.9. The quantitative estimate of drug-likeness (QED) is 0.339. The van der Waals surface area contributed by atoms with Crippen LogP contribution in [0.4, 0.5) is 18.9 Å². The van der Waals surface area contributed by atoms with Gasteiger partial charge in [0, 0.05) is 26.4 Å². The van der Waals surface area contributed by atoms with Crippen LogP contribution in [-0.4, -0.2) is 54.6 Å². The van der Waals surface area contributed by atoms with Gasteiger partial charge >= 0.3 is 5.97 Å². The van der Waals surface area contributed by atoms with E-state index in [0.717, 1.165) is 27.8 Å². The Morgan fingerprint density at radius 1 is 1.14 bits per heavy atom. The predicted molar refractivity (Wildman–Crippen MR) is 158 cm³/mol. The van der Waals surface area contributed by atoms with Gasteiger partial charge in [-0.2, -0.15) is 0 Å². The van der Waals surface area contributed by atoms with Crippen molar-refractivity contribution in [2.75, 3.05) is 11.4 Å². The number of anilines is 1. The van der Waals surface area contributed by atoms with Gasteiger partial charge in [0.25, 0.3) is 16.4 Å². The third-order valence-corrected chi connectivity index (χ3v) is 10.1. The molecule has 2 aliphatic carbocycles. The number of carboxylic acid groups (broad SMARTS) is 1. The third-order valence-electron chi connectivity index (χ3n) is 8.33. The first-order valence-electron chi connectivity index (χ1n) is 13.8. The Kier molecular flexibility index (Phi) is 8.43. The van der Waals surface area contributed by atoms with Crippen LogP contribution >= 0.6 is 0 Å². The number of benzene rings is 2. The molecule has 1 unspecified atom stereocenters. The molecule has 1 aromatic heterocycles. The number of aliphatic carboxylic acids is 1. The maximum atomic E-state index is 14.5. The number of carbonyl (C=O) groups excluding carboxylic acids is 1. The Bertz CT molecular complexity index is 1820. The van der Waals surface area contributed by atoms with E-state index in [-0.39, 0.29) is 22.6 Å².